The number of anilines is 2. The van der Waals surface area contributed by atoms with E-state index in [0.29, 0.717) is 16.5 Å². The molecule has 126 valence electrons. The van der Waals surface area contributed by atoms with Crippen LogP contribution in [0, 0.1) is 0 Å². The number of carboxylic acid groups (broad SMARTS) is 1. The first-order valence-corrected chi connectivity index (χ1v) is 8.00. The fourth-order valence-corrected chi connectivity index (χ4v) is 2.89. The van der Waals surface area contributed by atoms with Crippen LogP contribution in [0.4, 0.5) is 11.4 Å². The Morgan fingerprint density at radius 3 is 2.44 bits per heavy atom. The van der Waals surface area contributed by atoms with Crippen molar-refractivity contribution in [3.63, 3.8) is 0 Å². The van der Waals surface area contributed by atoms with E-state index in [9.17, 15) is 9.90 Å². The van der Waals surface area contributed by atoms with Gasteiger partial charge in [0, 0.05) is 11.3 Å². The first kappa shape index (κ1) is 16.9. The van der Waals surface area contributed by atoms with Crippen molar-refractivity contribution in [1.29, 1.82) is 0 Å². The van der Waals surface area contributed by atoms with Crippen molar-refractivity contribution in [2.45, 2.75) is 0 Å². The number of carboxylic acids is 1. The lowest BCUT2D eigenvalue weighted by Gasteiger charge is -2.16. The highest BCUT2D eigenvalue weighted by atomic mass is 35.5. The van der Waals surface area contributed by atoms with E-state index in [1.165, 1.54) is 13.2 Å². The first-order valence-electron chi connectivity index (χ1n) is 7.62. The summed E-state index contributed by atoms with van der Waals surface area (Å²) in [6.45, 7) is 0. The molecule has 0 radical (unpaired) electrons. The van der Waals surface area contributed by atoms with Gasteiger partial charge in [-0.25, -0.2) is 4.79 Å². The van der Waals surface area contributed by atoms with E-state index < -0.39 is 5.97 Å². The molecule has 0 saturated carbocycles. The fraction of sp³-hybridized carbons (Fsp3) is 0.0500. The van der Waals surface area contributed by atoms with Gasteiger partial charge in [0.25, 0.3) is 0 Å². The summed E-state index contributed by atoms with van der Waals surface area (Å²) in [5.74, 6) is -0.554. The zero-order valence-electron chi connectivity index (χ0n) is 13.5. The minimum atomic E-state index is -1.04. The van der Waals surface area contributed by atoms with Crippen molar-refractivity contribution in [3.05, 3.63) is 77.3 Å². The van der Waals surface area contributed by atoms with E-state index in [1.807, 2.05) is 42.5 Å². The van der Waals surface area contributed by atoms with Gasteiger partial charge in [-0.2, -0.15) is 0 Å². The number of benzene rings is 3. The van der Waals surface area contributed by atoms with E-state index in [4.69, 9.17) is 16.3 Å². The predicted octanol–water partition coefficient (Wildman–Crippen LogP) is 5.46. The van der Waals surface area contributed by atoms with Gasteiger partial charge < -0.3 is 15.2 Å². The lowest BCUT2D eigenvalue weighted by molar-refractivity contribution is 0.0697. The number of methoxy groups -OCH3 is 1. The van der Waals surface area contributed by atoms with Crippen LogP contribution in [-0.2, 0) is 0 Å². The molecule has 0 aliphatic heterocycles. The molecule has 3 aromatic rings. The van der Waals surface area contributed by atoms with Gasteiger partial charge in [0.05, 0.1) is 23.4 Å². The zero-order chi connectivity index (χ0) is 17.8. The van der Waals surface area contributed by atoms with Gasteiger partial charge >= 0.3 is 5.97 Å². The molecule has 0 unspecified atom stereocenters. The molecule has 5 heteroatoms. The van der Waals surface area contributed by atoms with Crippen LogP contribution in [-0.4, -0.2) is 18.2 Å². The molecule has 0 saturated heterocycles. The van der Waals surface area contributed by atoms with Gasteiger partial charge in [-0.15, -0.1) is 0 Å². The molecule has 3 aromatic carbocycles. The normalized spacial score (nSPS) is 10.3. The molecule has 2 N–H and O–H groups in total. The highest BCUT2D eigenvalue weighted by Gasteiger charge is 2.15. The summed E-state index contributed by atoms with van der Waals surface area (Å²) in [6, 6.07) is 20.1. The molecule has 25 heavy (non-hydrogen) atoms. The summed E-state index contributed by atoms with van der Waals surface area (Å²) in [4.78, 5) is 11.6. The molecule has 0 aliphatic rings. The Balaban J connectivity index is 2.08. The molecule has 0 spiro atoms. The van der Waals surface area contributed by atoms with Crippen molar-refractivity contribution in [2.75, 3.05) is 12.4 Å². The van der Waals surface area contributed by atoms with Gasteiger partial charge in [-0.05, 0) is 35.9 Å². The van der Waals surface area contributed by atoms with E-state index in [-0.39, 0.29) is 5.56 Å². The average Bonchev–Trinajstić information content (AvgIpc) is 2.62. The summed E-state index contributed by atoms with van der Waals surface area (Å²) in [6.07, 6.45) is 0. The lowest BCUT2D eigenvalue weighted by atomic mass is 10.0. The second-order valence-corrected chi connectivity index (χ2v) is 5.78. The Labute approximate surface area is 150 Å². The monoisotopic (exact) mass is 353 g/mol. The largest absolute Gasteiger partial charge is 0.497 e. The highest BCUT2D eigenvalue weighted by molar-refractivity contribution is 6.34. The van der Waals surface area contributed by atoms with Crippen molar-refractivity contribution in [3.8, 4) is 16.9 Å². The Morgan fingerprint density at radius 2 is 1.76 bits per heavy atom. The maximum atomic E-state index is 11.6. The van der Waals surface area contributed by atoms with Gasteiger partial charge in [-0.1, -0.05) is 48.0 Å². The van der Waals surface area contributed by atoms with Crippen LogP contribution in [0.2, 0.25) is 5.02 Å². The molecule has 3 rings (SSSR count). The smallest absolute Gasteiger partial charge is 0.337 e. The molecule has 0 bridgehead atoms. The standard InChI is InChI=1S/C20H16ClNO3/c1-25-14-10-11-17(15(12-14)20(23)24)22-18-9-5-8-16(21)19(18)13-6-3-2-4-7-13/h2-12,22H,1H3,(H,23,24). The van der Waals surface area contributed by atoms with Crippen molar-refractivity contribution in [1.82, 2.24) is 0 Å². The molecule has 0 heterocycles. The summed E-state index contributed by atoms with van der Waals surface area (Å²) in [5.41, 5.74) is 3.08. The molecule has 0 fully saturated rings. The van der Waals surface area contributed by atoms with Crippen LogP contribution in [0.5, 0.6) is 5.75 Å². The number of nitrogens with one attached hydrogen (secondary N) is 1. The maximum absolute atomic E-state index is 11.6. The molecular formula is C20H16ClNO3. The van der Waals surface area contributed by atoms with Crippen LogP contribution >= 0.6 is 11.6 Å². The topological polar surface area (TPSA) is 58.6 Å². The number of ether oxygens (including phenoxy) is 1. The molecule has 0 amide bonds. The maximum Gasteiger partial charge on any atom is 0.337 e. The summed E-state index contributed by atoms with van der Waals surface area (Å²) in [5, 5.41) is 13.3. The SMILES string of the molecule is COc1ccc(Nc2cccc(Cl)c2-c2ccccc2)c(C(=O)O)c1. The number of rotatable bonds is 5. The summed E-state index contributed by atoms with van der Waals surface area (Å²) in [7, 11) is 1.50. The van der Waals surface area contributed by atoms with Gasteiger partial charge in [0.2, 0.25) is 0 Å². The Morgan fingerprint density at radius 1 is 1.00 bits per heavy atom. The van der Waals surface area contributed by atoms with Crippen molar-refractivity contribution >= 4 is 28.9 Å². The third-order valence-electron chi connectivity index (χ3n) is 3.80. The molecule has 0 aliphatic carbocycles. The number of carbonyl (C=O) groups is 1. The van der Waals surface area contributed by atoms with Crippen LogP contribution in [0.1, 0.15) is 10.4 Å². The Bertz CT molecular complexity index is 910. The van der Waals surface area contributed by atoms with Crippen LogP contribution < -0.4 is 10.1 Å². The molecular weight excluding hydrogens is 338 g/mol. The zero-order valence-corrected chi connectivity index (χ0v) is 14.2. The minimum Gasteiger partial charge on any atom is -0.497 e. The van der Waals surface area contributed by atoms with E-state index in [0.717, 1.165) is 16.8 Å². The summed E-state index contributed by atoms with van der Waals surface area (Å²) >= 11 is 6.40. The van der Waals surface area contributed by atoms with Crippen molar-refractivity contribution in [2.24, 2.45) is 0 Å². The predicted molar refractivity (Wildman–Crippen MR) is 100 cm³/mol. The minimum absolute atomic E-state index is 0.123. The third-order valence-corrected chi connectivity index (χ3v) is 4.12. The Hall–Kier alpha value is -2.98. The van der Waals surface area contributed by atoms with Crippen LogP contribution in [0.15, 0.2) is 66.7 Å². The quantitative estimate of drug-likeness (QED) is 0.639. The second-order valence-electron chi connectivity index (χ2n) is 5.37. The molecule has 4 nitrogen and oxygen atoms in total. The molecule has 0 atom stereocenters. The number of halogens is 1. The van der Waals surface area contributed by atoms with Crippen LogP contribution in [0.3, 0.4) is 0 Å². The average molecular weight is 354 g/mol. The van der Waals surface area contributed by atoms with Crippen LogP contribution in [0.25, 0.3) is 11.1 Å². The van der Waals surface area contributed by atoms with E-state index in [1.54, 1.807) is 18.2 Å². The number of hydrogen-bond donors (Lipinski definition) is 2. The second kappa shape index (κ2) is 7.28. The number of hydrogen-bond acceptors (Lipinski definition) is 3. The Kier molecular flexibility index (Phi) is 4.91. The first-order chi connectivity index (χ1) is 12.1. The van der Waals surface area contributed by atoms with Crippen molar-refractivity contribution < 1.29 is 14.6 Å². The highest BCUT2D eigenvalue weighted by Crippen LogP contribution is 2.37. The fourth-order valence-electron chi connectivity index (χ4n) is 2.61. The van der Waals surface area contributed by atoms with Gasteiger partial charge in [-0.3, -0.25) is 0 Å². The van der Waals surface area contributed by atoms with Gasteiger partial charge in [0.15, 0.2) is 0 Å². The number of aromatic carboxylic acids is 1. The summed E-state index contributed by atoms with van der Waals surface area (Å²) < 4.78 is 5.11. The van der Waals surface area contributed by atoms with Gasteiger partial charge in [0.1, 0.15) is 5.75 Å². The lowest BCUT2D eigenvalue weighted by Crippen LogP contribution is -2.04. The van der Waals surface area contributed by atoms with E-state index in [2.05, 4.69) is 5.32 Å². The molecule has 0 aromatic heterocycles. The third kappa shape index (κ3) is 3.59. The van der Waals surface area contributed by atoms with E-state index >= 15 is 0 Å².